The summed E-state index contributed by atoms with van der Waals surface area (Å²) in [5.74, 6) is 0.254. The van der Waals surface area contributed by atoms with Crippen LogP contribution in [0.15, 0.2) is 48.0 Å². The fraction of sp³-hybridized carbons (Fsp3) is 0.409. The SMILES string of the molecule is CCCCCCNC(=O)CC(c1cccs1)c1cn(C)c2ccccc12. The van der Waals surface area contributed by atoms with Gasteiger partial charge in [-0.15, -0.1) is 11.3 Å². The van der Waals surface area contributed by atoms with E-state index in [1.54, 1.807) is 11.3 Å². The number of hydrogen-bond donors (Lipinski definition) is 1. The molecule has 1 atom stereocenters. The van der Waals surface area contributed by atoms with Gasteiger partial charge in [0.1, 0.15) is 0 Å². The number of carbonyl (C=O) groups excluding carboxylic acids is 1. The minimum atomic E-state index is 0.108. The lowest BCUT2D eigenvalue weighted by Crippen LogP contribution is -2.26. The lowest BCUT2D eigenvalue weighted by atomic mass is 9.93. The Morgan fingerprint density at radius 2 is 2.00 bits per heavy atom. The average Bonchev–Trinajstić information content (AvgIpc) is 3.29. The fourth-order valence-corrected chi connectivity index (χ4v) is 4.39. The van der Waals surface area contributed by atoms with Gasteiger partial charge in [-0.2, -0.15) is 0 Å². The van der Waals surface area contributed by atoms with Gasteiger partial charge in [-0.05, 0) is 29.5 Å². The van der Waals surface area contributed by atoms with Crippen molar-refractivity contribution in [2.45, 2.75) is 44.9 Å². The van der Waals surface area contributed by atoms with E-state index in [1.807, 2.05) is 0 Å². The van der Waals surface area contributed by atoms with E-state index in [4.69, 9.17) is 0 Å². The van der Waals surface area contributed by atoms with Crippen molar-refractivity contribution < 1.29 is 4.79 Å². The molecule has 1 amide bonds. The second kappa shape index (κ2) is 9.04. The first kappa shape index (κ1) is 18.7. The van der Waals surface area contributed by atoms with Crippen LogP contribution in [0, 0.1) is 0 Å². The maximum absolute atomic E-state index is 12.6. The van der Waals surface area contributed by atoms with E-state index in [2.05, 4.69) is 71.8 Å². The lowest BCUT2D eigenvalue weighted by molar-refractivity contribution is -0.121. The third-order valence-corrected chi connectivity index (χ3v) is 5.92. The Balaban J connectivity index is 1.77. The molecule has 0 aliphatic rings. The van der Waals surface area contributed by atoms with Crippen molar-refractivity contribution in [3.05, 3.63) is 58.4 Å². The predicted octanol–water partition coefficient (Wildman–Crippen LogP) is 5.46. The minimum absolute atomic E-state index is 0.108. The van der Waals surface area contributed by atoms with Crippen molar-refractivity contribution in [1.29, 1.82) is 0 Å². The van der Waals surface area contributed by atoms with E-state index in [0.717, 1.165) is 13.0 Å². The molecule has 0 aliphatic heterocycles. The molecule has 0 fully saturated rings. The molecule has 2 heterocycles. The molecule has 1 N–H and O–H groups in total. The van der Waals surface area contributed by atoms with E-state index in [0.29, 0.717) is 6.42 Å². The van der Waals surface area contributed by atoms with Crippen LogP contribution in [0.1, 0.15) is 55.4 Å². The van der Waals surface area contributed by atoms with Gasteiger partial charge in [0.05, 0.1) is 0 Å². The Hall–Kier alpha value is -2.07. The number of nitrogens with one attached hydrogen (secondary N) is 1. The van der Waals surface area contributed by atoms with Crippen molar-refractivity contribution in [1.82, 2.24) is 9.88 Å². The van der Waals surface area contributed by atoms with Gasteiger partial charge >= 0.3 is 0 Å². The van der Waals surface area contributed by atoms with Crippen LogP contribution in [0.25, 0.3) is 10.9 Å². The second-order valence-electron chi connectivity index (χ2n) is 6.90. The Kier molecular flexibility index (Phi) is 6.51. The lowest BCUT2D eigenvalue weighted by Gasteiger charge is -2.15. The van der Waals surface area contributed by atoms with Gasteiger partial charge in [-0.3, -0.25) is 4.79 Å². The number of carbonyl (C=O) groups is 1. The summed E-state index contributed by atoms with van der Waals surface area (Å²) in [5, 5.41) is 6.45. The normalized spacial score (nSPS) is 12.4. The molecule has 3 aromatic rings. The number of unbranched alkanes of at least 4 members (excludes halogenated alkanes) is 3. The van der Waals surface area contributed by atoms with Crippen LogP contribution >= 0.6 is 11.3 Å². The number of benzene rings is 1. The van der Waals surface area contributed by atoms with Gasteiger partial charge < -0.3 is 9.88 Å². The standard InChI is InChI=1S/C22H28N2OS/c1-3-4-5-8-13-23-22(25)15-18(21-12-9-14-26-21)19-16-24(2)20-11-7-6-10-17(19)20/h6-7,9-12,14,16,18H,3-5,8,13,15H2,1-2H3,(H,23,25). The molecule has 138 valence electrons. The number of aryl methyl sites for hydroxylation is 1. The van der Waals surface area contributed by atoms with Crippen molar-refractivity contribution in [3.8, 4) is 0 Å². The highest BCUT2D eigenvalue weighted by Gasteiger charge is 2.22. The second-order valence-corrected chi connectivity index (χ2v) is 7.87. The quantitative estimate of drug-likeness (QED) is 0.500. The first-order chi connectivity index (χ1) is 12.7. The van der Waals surface area contributed by atoms with Crippen molar-refractivity contribution >= 4 is 28.1 Å². The zero-order valence-corrected chi connectivity index (χ0v) is 16.5. The van der Waals surface area contributed by atoms with Gasteiger partial charge in [0.2, 0.25) is 5.91 Å². The zero-order valence-electron chi connectivity index (χ0n) is 15.7. The molecule has 26 heavy (non-hydrogen) atoms. The molecule has 4 heteroatoms. The van der Waals surface area contributed by atoms with Crippen molar-refractivity contribution in [3.63, 3.8) is 0 Å². The molecule has 0 saturated carbocycles. The molecule has 0 aliphatic carbocycles. The molecular formula is C22H28N2OS. The summed E-state index contributed by atoms with van der Waals surface area (Å²) in [7, 11) is 2.07. The number of para-hydroxylation sites is 1. The summed E-state index contributed by atoms with van der Waals surface area (Å²) in [6, 6.07) is 12.7. The van der Waals surface area contributed by atoms with Gasteiger partial charge in [0.15, 0.2) is 0 Å². The van der Waals surface area contributed by atoms with Crippen LogP contribution in [-0.4, -0.2) is 17.0 Å². The highest BCUT2D eigenvalue weighted by molar-refractivity contribution is 7.10. The monoisotopic (exact) mass is 368 g/mol. The van der Waals surface area contributed by atoms with Gasteiger partial charge in [0.25, 0.3) is 0 Å². The first-order valence-corrected chi connectivity index (χ1v) is 10.4. The molecular weight excluding hydrogens is 340 g/mol. The molecule has 1 unspecified atom stereocenters. The Labute approximate surface area is 160 Å². The van der Waals surface area contributed by atoms with Crippen molar-refractivity contribution in [2.75, 3.05) is 6.54 Å². The topological polar surface area (TPSA) is 34.0 Å². The summed E-state index contributed by atoms with van der Waals surface area (Å²) in [6.45, 7) is 2.99. The first-order valence-electron chi connectivity index (χ1n) is 9.54. The average molecular weight is 369 g/mol. The Bertz CT molecular complexity index is 835. The molecule has 0 saturated heterocycles. The van der Waals surface area contributed by atoms with Gasteiger partial charge in [-0.25, -0.2) is 0 Å². The number of thiophene rings is 1. The summed E-state index contributed by atoms with van der Waals surface area (Å²) in [5.41, 5.74) is 2.45. The fourth-order valence-electron chi connectivity index (χ4n) is 3.54. The highest BCUT2D eigenvalue weighted by Crippen LogP contribution is 2.36. The molecule has 3 rings (SSSR count). The molecule has 1 aromatic carbocycles. The zero-order chi connectivity index (χ0) is 18.4. The summed E-state index contributed by atoms with van der Waals surface area (Å²) >= 11 is 1.73. The van der Waals surface area contributed by atoms with Crippen LogP contribution in [0.4, 0.5) is 0 Å². The molecule has 3 nitrogen and oxygen atoms in total. The smallest absolute Gasteiger partial charge is 0.220 e. The van der Waals surface area contributed by atoms with Crippen LogP contribution in [0.2, 0.25) is 0 Å². The Morgan fingerprint density at radius 1 is 1.15 bits per heavy atom. The van der Waals surface area contributed by atoms with E-state index >= 15 is 0 Å². The molecule has 0 spiro atoms. The number of rotatable bonds is 9. The number of nitrogens with zero attached hydrogens (tertiary/aromatic N) is 1. The van der Waals surface area contributed by atoms with Gasteiger partial charge in [-0.1, -0.05) is 50.5 Å². The predicted molar refractivity (Wildman–Crippen MR) is 111 cm³/mol. The van der Waals surface area contributed by atoms with Crippen LogP contribution in [0.3, 0.4) is 0 Å². The summed E-state index contributed by atoms with van der Waals surface area (Å²) in [4.78, 5) is 13.8. The maximum Gasteiger partial charge on any atom is 0.220 e. The molecule has 0 radical (unpaired) electrons. The van der Waals surface area contributed by atoms with Crippen molar-refractivity contribution in [2.24, 2.45) is 7.05 Å². The van der Waals surface area contributed by atoms with E-state index < -0.39 is 0 Å². The largest absolute Gasteiger partial charge is 0.356 e. The van der Waals surface area contributed by atoms with Gasteiger partial charge in [0, 0.05) is 47.9 Å². The number of fused-ring (bicyclic) bond motifs is 1. The molecule has 0 bridgehead atoms. The van der Waals surface area contributed by atoms with Crippen LogP contribution in [0.5, 0.6) is 0 Å². The van der Waals surface area contributed by atoms with E-state index in [1.165, 1.54) is 40.6 Å². The highest BCUT2D eigenvalue weighted by atomic mass is 32.1. The van der Waals surface area contributed by atoms with Crippen LogP contribution in [-0.2, 0) is 11.8 Å². The summed E-state index contributed by atoms with van der Waals surface area (Å²) < 4.78 is 2.16. The summed E-state index contributed by atoms with van der Waals surface area (Å²) in [6.07, 6.45) is 7.40. The van der Waals surface area contributed by atoms with E-state index in [-0.39, 0.29) is 11.8 Å². The third kappa shape index (κ3) is 4.36. The maximum atomic E-state index is 12.6. The number of amides is 1. The third-order valence-electron chi connectivity index (χ3n) is 4.93. The molecule has 2 aromatic heterocycles. The van der Waals surface area contributed by atoms with Crippen LogP contribution < -0.4 is 5.32 Å². The number of hydrogen-bond acceptors (Lipinski definition) is 2. The van der Waals surface area contributed by atoms with E-state index in [9.17, 15) is 4.79 Å². The number of aromatic nitrogens is 1. The Morgan fingerprint density at radius 3 is 2.77 bits per heavy atom. The minimum Gasteiger partial charge on any atom is -0.356 e.